The van der Waals surface area contributed by atoms with Gasteiger partial charge in [-0.2, -0.15) is 0 Å². The number of hydroxylamine groups is 1. The summed E-state index contributed by atoms with van der Waals surface area (Å²) in [5, 5.41) is 17.1. The molecule has 2 saturated carbocycles. The van der Waals surface area contributed by atoms with E-state index in [2.05, 4.69) is 22.8 Å². The smallest absolute Gasteiger partial charge is 0.328 e. The van der Waals surface area contributed by atoms with E-state index in [0.29, 0.717) is 16.7 Å². The van der Waals surface area contributed by atoms with Crippen LogP contribution in [0.4, 0.5) is 0 Å². The van der Waals surface area contributed by atoms with E-state index >= 15 is 0 Å². The van der Waals surface area contributed by atoms with Crippen LogP contribution < -0.4 is 16.1 Å². The van der Waals surface area contributed by atoms with Crippen LogP contribution in [0.25, 0.3) is 10.1 Å². The molecule has 0 saturated heterocycles. The molecule has 0 bridgehead atoms. The van der Waals surface area contributed by atoms with Crippen molar-refractivity contribution in [2.24, 2.45) is 11.8 Å². The highest BCUT2D eigenvalue weighted by molar-refractivity contribution is 7.20. The summed E-state index contributed by atoms with van der Waals surface area (Å²) in [6.45, 7) is 2.61. The second kappa shape index (κ2) is 13.5. The Hall–Kier alpha value is -2.78. The number of amides is 1. The van der Waals surface area contributed by atoms with Gasteiger partial charge in [-0.3, -0.25) is 10.0 Å². The second-order valence-corrected chi connectivity index (χ2v) is 12.1. The molecule has 0 spiro atoms. The molecular formula is C31H39N3O4S. The van der Waals surface area contributed by atoms with Crippen LogP contribution in [0, 0.1) is 11.8 Å². The minimum Gasteiger partial charge on any atom is -0.461 e. The highest BCUT2D eigenvalue weighted by Gasteiger charge is 2.28. The first-order chi connectivity index (χ1) is 19.1. The first-order valence-corrected chi connectivity index (χ1v) is 15.1. The minimum absolute atomic E-state index is 0.0749. The third-order valence-electron chi connectivity index (χ3n) is 8.20. The number of rotatable bonds is 11. The van der Waals surface area contributed by atoms with E-state index in [-0.39, 0.29) is 12.1 Å². The summed E-state index contributed by atoms with van der Waals surface area (Å²) in [5.41, 5.74) is 3.87. The number of thiophene rings is 1. The molecule has 39 heavy (non-hydrogen) atoms. The SMILES string of the molecule is O=C(NO)c1cc2ccc(CNCC3CCC(CN[C@H](C(=O)OC4CCCC4)c4ccccc4)CC3)cc2s1. The predicted octanol–water partition coefficient (Wildman–Crippen LogP) is 5.73. The van der Waals surface area contributed by atoms with Crippen molar-refractivity contribution < 1.29 is 19.5 Å². The molecule has 0 aliphatic heterocycles. The molecular weight excluding hydrogens is 510 g/mol. The number of benzene rings is 2. The highest BCUT2D eigenvalue weighted by atomic mass is 32.1. The van der Waals surface area contributed by atoms with Gasteiger partial charge < -0.3 is 15.4 Å². The van der Waals surface area contributed by atoms with Crippen LogP contribution in [0.5, 0.6) is 0 Å². The summed E-state index contributed by atoms with van der Waals surface area (Å²) in [6, 6.07) is 17.6. The van der Waals surface area contributed by atoms with E-state index in [0.717, 1.165) is 73.8 Å². The van der Waals surface area contributed by atoms with Gasteiger partial charge >= 0.3 is 5.97 Å². The van der Waals surface area contributed by atoms with E-state index in [1.807, 2.05) is 36.4 Å². The molecule has 2 fully saturated rings. The fraction of sp³-hybridized carbons (Fsp3) is 0.484. The van der Waals surface area contributed by atoms with Crippen molar-refractivity contribution in [1.82, 2.24) is 16.1 Å². The lowest BCUT2D eigenvalue weighted by Gasteiger charge is -2.30. The van der Waals surface area contributed by atoms with Crippen LogP contribution in [-0.2, 0) is 16.1 Å². The average molecular weight is 550 g/mol. The number of ether oxygens (including phenoxy) is 1. The topological polar surface area (TPSA) is 99.7 Å². The maximum absolute atomic E-state index is 13.1. The Balaban J connectivity index is 1.06. The highest BCUT2D eigenvalue weighted by Crippen LogP contribution is 2.30. The van der Waals surface area contributed by atoms with Crippen LogP contribution in [-0.4, -0.2) is 36.3 Å². The number of carbonyl (C=O) groups is 2. The molecule has 1 aromatic heterocycles. The van der Waals surface area contributed by atoms with Crippen LogP contribution >= 0.6 is 11.3 Å². The number of hydrogen-bond acceptors (Lipinski definition) is 7. The zero-order valence-electron chi connectivity index (χ0n) is 22.4. The molecule has 3 aromatic rings. The van der Waals surface area contributed by atoms with Crippen LogP contribution in [0.1, 0.15) is 78.2 Å². The zero-order chi connectivity index (χ0) is 27.0. The van der Waals surface area contributed by atoms with Gasteiger partial charge in [-0.05, 0) is 105 Å². The second-order valence-electron chi connectivity index (χ2n) is 11.0. The van der Waals surface area contributed by atoms with Crippen LogP contribution in [0.2, 0.25) is 0 Å². The number of esters is 1. The van der Waals surface area contributed by atoms with Crippen molar-refractivity contribution in [2.75, 3.05) is 13.1 Å². The van der Waals surface area contributed by atoms with Crippen LogP contribution in [0.15, 0.2) is 54.6 Å². The predicted molar refractivity (Wildman–Crippen MR) is 154 cm³/mol. The van der Waals surface area contributed by atoms with E-state index < -0.39 is 11.9 Å². The summed E-state index contributed by atoms with van der Waals surface area (Å²) in [7, 11) is 0. The minimum atomic E-state index is -0.471. The van der Waals surface area contributed by atoms with Gasteiger partial charge in [0.25, 0.3) is 5.91 Å². The molecule has 208 valence electrons. The van der Waals surface area contributed by atoms with E-state index in [9.17, 15) is 9.59 Å². The molecule has 0 unspecified atom stereocenters. The van der Waals surface area contributed by atoms with Gasteiger partial charge in [0.15, 0.2) is 0 Å². The molecule has 8 heteroatoms. The lowest BCUT2D eigenvalue weighted by atomic mass is 9.81. The lowest BCUT2D eigenvalue weighted by Crippen LogP contribution is -2.36. The third kappa shape index (κ3) is 7.45. The molecule has 5 rings (SSSR count). The van der Waals surface area contributed by atoms with Crippen molar-refractivity contribution in [2.45, 2.75) is 70.1 Å². The van der Waals surface area contributed by atoms with Crippen molar-refractivity contribution in [1.29, 1.82) is 0 Å². The van der Waals surface area contributed by atoms with Gasteiger partial charge in [0.1, 0.15) is 12.1 Å². The van der Waals surface area contributed by atoms with Gasteiger partial charge in [0.05, 0.1) is 4.88 Å². The Labute approximate surface area is 234 Å². The average Bonchev–Trinajstić information content (AvgIpc) is 3.64. The molecule has 1 heterocycles. The van der Waals surface area contributed by atoms with E-state index in [4.69, 9.17) is 9.94 Å². The third-order valence-corrected chi connectivity index (χ3v) is 9.30. The van der Waals surface area contributed by atoms with Crippen molar-refractivity contribution >= 4 is 33.3 Å². The molecule has 4 N–H and O–H groups in total. The number of carbonyl (C=O) groups excluding carboxylic acids is 2. The normalized spacial score (nSPS) is 20.6. The zero-order valence-corrected chi connectivity index (χ0v) is 23.2. The Kier molecular flexibility index (Phi) is 9.63. The molecule has 7 nitrogen and oxygen atoms in total. The summed E-state index contributed by atoms with van der Waals surface area (Å²) in [4.78, 5) is 25.2. The maximum Gasteiger partial charge on any atom is 0.328 e. The van der Waals surface area contributed by atoms with Crippen molar-refractivity contribution in [3.63, 3.8) is 0 Å². The molecule has 2 aliphatic carbocycles. The summed E-state index contributed by atoms with van der Waals surface area (Å²) in [5.74, 6) is 0.614. The quantitative estimate of drug-likeness (QED) is 0.138. The molecule has 2 aromatic carbocycles. The first kappa shape index (κ1) is 27.8. The lowest BCUT2D eigenvalue weighted by molar-refractivity contribution is -0.151. The summed E-state index contributed by atoms with van der Waals surface area (Å²) < 4.78 is 6.91. The Morgan fingerprint density at radius 3 is 2.36 bits per heavy atom. The van der Waals surface area contributed by atoms with Crippen molar-refractivity contribution in [3.05, 3.63) is 70.6 Å². The summed E-state index contributed by atoms with van der Waals surface area (Å²) >= 11 is 1.39. The van der Waals surface area contributed by atoms with Gasteiger partial charge in [0, 0.05) is 11.2 Å². The Morgan fingerprint density at radius 1 is 0.923 bits per heavy atom. The standard InChI is InChI=1S/C31H39N3O4S/c35-30(34-37)28-17-25-15-14-23(16-27(25)39-28)19-32-18-21-10-12-22(13-11-21)20-33-29(24-6-2-1-3-7-24)31(36)38-26-8-4-5-9-26/h1-3,6-7,14-17,21-22,26,29,32-33,37H,4-5,8-13,18-20H2,(H,34,35)/t21?,22?,29-/m0/s1. The molecule has 1 atom stereocenters. The van der Waals surface area contributed by atoms with E-state index in [1.54, 1.807) is 11.5 Å². The number of nitrogens with one attached hydrogen (secondary N) is 3. The van der Waals surface area contributed by atoms with Gasteiger partial charge in [0.2, 0.25) is 0 Å². The monoisotopic (exact) mass is 549 g/mol. The fourth-order valence-electron chi connectivity index (χ4n) is 5.92. The van der Waals surface area contributed by atoms with Gasteiger partial charge in [-0.15, -0.1) is 11.3 Å². The fourth-order valence-corrected chi connectivity index (χ4v) is 6.93. The Morgan fingerprint density at radius 2 is 1.64 bits per heavy atom. The van der Waals surface area contributed by atoms with Crippen molar-refractivity contribution in [3.8, 4) is 0 Å². The van der Waals surface area contributed by atoms with Gasteiger partial charge in [-0.25, -0.2) is 10.3 Å². The van der Waals surface area contributed by atoms with Gasteiger partial charge in [-0.1, -0.05) is 42.5 Å². The molecule has 0 radical (unpaired) electrons. The molecule has 2 aliphatic rings. The number of hydrogen-bond donors (Lipinski definition) is 4. The maximum atomic E-state index is 13.1. The Bertz CT molecular complexity index is 1230. The first-order valence-electron chi connectivity index (χ1n) is 14.3. The largest absolute Gasteiger partial charge is 0.461 e. The molecule has 1 amide bonds. The van der Waals surface area contributed by atoms with E-state index in [1.165, 1.54) is 29.7 Å². The summed E-state index contributed by atoms with van der Waals surface area (Å²) in [6.07, 6.45) is 9.04. The number of fused-ring (bicyclic) bond motifs is 1. The van der Waals surface area contributed by atoms with Crippen LogP contribution in [0.3, 0.4) is 0 Å².